The van der Waals surface area contributed by atoms with Gasteiger partial charge in [-0.3, -0.25) is 4.79 Å². The van der Waals surface area contributed by atoms with E-state index in [1.807, 2.05) is 6.41 Å². The lowest BCUT2D eigenvalue weighted by Crippen LogP contribution is -2.45. The van der Waals surface area contributed by atoms with Crippen LogP contribution in [0.25, 0.3) is 0 Å². The second-order valence-corrected chi connectivity index (χ2v) is 4.17. The maximum absolute atomic E-state index is 10.4. The maximum atomic E-state index is 10.4. The molecule has 13 heavy (non-hydrogen) atoms. The molecule has 0 heterocycles. The molecular weight excluding hydrogens is 162 g/mol. The fraction of sp³-hybridized carbons (Fsp3) is 0.909. The summed E-state index contributed by atoms with van der Waals surface area (Å²) in [5, 5.41) is 2.93. The summed E-state index contributed by atoms with van der Waals surface area (Å²) < 4.78 is 0. The fourth-order valence-corrected chi connectivity index (χ4v) is 2.29. The molecule has 0 aromatic rings. The summed E-state index contributed by atoms with van der Waals surface area (Å²) in [4.78, 5) is 10.4. The highest BCUT2D eigenvalue weighted by molar-refractivity contribution is 5.49. The van der Waals surface area contributed by atoms with Crippen molar-refractivity contribution in [3.05, 3.63) is 0 Å². The van der Waals surface area contributed by atoms with Crippen molar-refractivity contribution < 1.29 is 4.79 Å². The summed E-state index contributed by atoms with van der Waals surface area (Å²) in [5.41, 5.74) is 0.107. The van der Waals surface area contributed by atoms with Crippen LogP contribution < -0.4 is 5.32 Å². The molecule has 1 radical (unpaired) electrons. The summed E-state index contributed by atoms with van der Waals surface area (Å²) in [5.74, 6) is 0. The lowest BCUT2D eigenvalue weighted by atomic mass is 9.78. The number of amides is 1. The normalized spacial score (nSPS) is 21.0. The van der Waals surface area contributed by atoms with E-state index in [9.17, 15) is 4.79 Å². The van der Waals surface area contributed by atoms with Crippen molar-refractivity contribution in [2.45, 2.75) is 63.8 Å². The van der Waals surface area contributed by atoms with E-state index >= 15 is 0 Å². The van der Waals surface area contributed by atoms with E-state index in [4.69, 9.17) is 0 Å². The molecule has 0 atom stereocenters. The molecule has 75 valence electrons. The minimum Gasteiger partial charge on any atom is -0.342 e. The van der Waals surface area contributed by atoms with Gasteiger partial charge in [-0.05, 0) is 19.3 Å². The van der Waals surface area contributed by atoms with Crippen LogP contribution in [0.3, 0.4) is 0 Å². The molecule has 1 saturated carbocycles. The van der Waals surface area contributed by atoms with Crippen LogP contribution >= 0.6 is 0 Å². The predicted octanol–water partition coefficient (Wildman–Crippen LogP) is 2.54. The Morgan fingerprint density at radius 3 is 2.54 bits per heavy atom. The molecule has 0 aromatic heterocycles. The predicted molar refractivity (Wildman–Crippen MR) is 54.2 cm³/mol. The molecule has 1 amide bonds. The Hall–Kier alpha value is -0.530. The first-order valence-electron chi connectivity index (χ1n) is 5.47. The summed E-state index contributed by atoms with van der Waals surface area (Å²) in [6, 6.07) is 0. The SMILES string of the molecule is CCCCC1(N[C]=O)CCCCC1. The van der Waals surface area contributed by atoms with Crippen molar-refractivity contribution in [2.24, 2.45) is 0 Å². The Morgan fingerprint density at radius 2 is 2.00 bits per heavy atom. The summed E-state index contributed by atoms with van der Waals surface area (Å²) in [6.45, 7) is 2.20. The highest BCUT2D eigenvalue weighted by atomic mass is 16.1. The zero-order chi connectivity index (χ0) is 9.57. The van der Waals surface area contributed by atoms with E-state index in [0.29, 0.717) is 0 Å². The fourth-order valence-electron chi connectivity index (χ4n) is 2.29. The van der Waals surface area contributed by atoms with Crippen molar-refractivity contribution in [2.75, 3.05) is 0 Å². The average Bonchev–Trinajstić information content (AvgIpc) is 2.17. The molecule has 0 aliphatic heterocycles. The summed E-state index contributed by atoms with van der Waals surface area (Å²) >= 11 is 0. The second kappa shape index (κ2) is 5.25. The van der Waals surface area contributed by atoms with Gasteiger partial charge in [0, 0.05) is 5.54 Å². The zero-order valence-corrected chi connectivity index (χ0v) is 8.57. The number of rotatable bonds is 5. The summed E-state index contributed by atoms with van der Waals surface area (Å²) in [7, 11) is 0. The third kappa shape index (κ3) is 3.02. The maximum Gasteiger partial charge on any atom is 0.309 e. The first kappa shape index (κ1) is 10.6. The largest absolute Gasteiger partial charge is 0.342 e. The Kier molecular flexibility index (Phi) is 4.26. The van der Waals surface area contributed by atoms with Gasteiger partial charge in [0.2, 0.25) is 0 Å². The van der Waals surface area contributed by atoms with Crippen LogP contribution in [0, 0.1) is 0 Å². The van der Waals surface area contributed by atoms with Crippen molar-refractivity contribution in [3.63, 3.8) is 0 Å². The topological polar surface area (TPSA) is 29.1 Å². The van der Waals surface area contributed by atoms with Gasteiger partial charge in [-0.25, -0.2) is 0 Å². The van der Waals surface area contributed by atoms with Gasteiger partial charge in [0.15, 0.2) is 0 Å². The van der Waals surface area contributed by atoms with Gasteiger partial charge in [-0.15, -0.1) is 0 Å². The van der Waals surface area contributed by atoms with Gasteiger partial charge < -0.3 is 5.32 Å². The zero-order valence-electron chi connectivity index (χ0n) is 8.57. The highest BCUT2D eigenvalue weighted by Gasteiger charge is 2.30. The van der Waals surface area contributed by atoms with E-state index < -0.39 is 0 Å². The molecule has 0 aromatic carbocycles. The first-order valence-corrected chi connectivity index (χ1v) is 5.47. The van der Waals surface area contributed by atoms with Crippen LogP contribution in [-0.2, 0) is 4.79 Å². The van der Waals surface area contributed by atoms with Gasteiger partial charge in [-0.1, -0.05) is 39.0 Å². The monoisotopic (exact) mass is 182 g/mol. The van der Waals surface area contributed by atoms with Crippen LogP contribution in [0.5, 0.6) is 0 Å². The van der Waals surface area contributed by atoms with E-state index in [1.165, 1.54) is 32.1 Å². The molecular formula is C11H20NO. The molecule has 2 heteroatoms. The van der Waals surface area contributed by atoms with Crippen LogP contribution in [0.15, 0.2) is 0 Å². The Balaban J connectivity index is 2.45. The van der Waals surface area contributed by atoms with Crippen molar-refractivity contribution in [3.8, 4) is 0 Å². The van der Waals surface area contributed by atoms with Crippen LogP contribution in [-0.4, -0.2) is 11.9 Å². The Morgan fingerprint density at radius 1 is 1.31 bits per heavy atom. The molecule has 0 unspecified atom stereocenters. The quantitative estimate of drug-likeness (QED) is 0.650. The molecule has 1 N–H and O–H groups in total. The minimum atomic E-state index is 0.107. The lowest BCUT2D eigenvalue weighted by Gasteiger charge is -2.36. The lowest BCUT2D eigenvalue weighted by molar-refractivity contribution is 0.239. The van der Waals surface area contributed by atoms with E-state index in [0.717, 1.165) is 19.3 Å². The average molecular weight is 182 g/mol. The molecule has 0 bridgehead atoms. The molecule has 0 saturated heterocycles. The molecule has 1 aliphatic carbocycles. The molecule has 1 aliphatic rings. The standard InChI is InChI=1S/C11H20NO/c1-2-3-7-11(12-10-13)8-5-4-6-9-11/h2-9H2,1H3,(H,12,13). The summed E-state index contributed by atoms with van der Waals surface area (Å²) in [6.07, 6.45) is 11.6. The third-order valence-corrected chi connectivity index (χ3v) is 3.14. The van der Waals surface area contributed by atoms with Crippen molar-refractivity contribution in [1.82, 2.24) is 5.32 Å². The number of carbonyl (C=O) groups excluding carboxylic acids is 1. The van der Waals surface area contributed by atoms with Crippen molar-refractivity contribution >= 4 is 6.41 Å². The van der Waals surface area contributed by atoms with Gasteiger partial charge in [-0.2, -0.15) is 0 Å². The number of hydrogen-bond donors (Lipinski definition) is 1. The number of unbranched alkanes of at least 4 members (excludes halogenated alkanes) is 1. The van der Waals surface area contributed by atoms with Gasteiger partial charge in [0.05, 0.1) is 0 Å². The molecule has 2 nitrogen and oxygen atoms in total. The molecule has 1 rings (SSSR count). The van der Waals surface area contributed by atoms with E-state index in [-0.39, 0.29) is 5.54 Å². The van der Waals surface area contributed by atoms with Crippen molar-refractivity contribution in [1.29, 1.82) is 0 Å². The van der Waals surface area contributed by atoms with Crippen LogP contribution in [0.4, 0.5) is 0 Å². The third-order valence-electron chi connectivity index (χ3n) is 3.14. The molecule has 1 fully saturated rings. The van der Waals surface area contributed by atoms with E-state index in [2.05, 4.69) is 12.2 Å². The van der Waals surface area contributed by atoms with E-state index in [1.54, 1.807) is 0 Å². The number of nitrogens with one attached hydrogen (secondary N) is 1. The first-order chi connectivity index (χ1) is 6.33. The van der Waals surface area contributed by atoms with Gasteiger partial charge >= 0.3 is 6.41 Å². The molecule has 0 spiro atoms. The van der Waals surface area contributed by atoms with Crippen LogP contribution in [0.2, 0.25) is 0 Å². The Labute approximate surface area is 81.1 Å². The number of hydrogen-bond acceptors (Lipinski definition) is 1. The minimum absolute atomic E-state index is 0.107. The Bertz CT molecular complexity index is 150. The van der Waals surface area contributed by atoms with Gasteiger partial charge in [0.1, 0.15) is 0 Å². The van der Waals surface area contributed by atoms with Crippen LogP contribution in [0.1, 0.15) is 58.3 Å². The smallest absolute Gasteiger partial charge is 0.309 e. The van der Waals surface area contributed by atoms with Gasteiger partial charge in [0.25, 0.3) is 0 Å². The second-order valence-electron chi connectivity index (χ2n) is 4.17. The highest BCUT2D eigenvalue weighted by Crippen LogP contribution is 2.31.